The van der Waals surface area contributed by atoms with Gasteiger partial charge < -0.3 is 9.52 Å². The van der Waals surface area contributed by atoms with Crippen LogP contribution in [0.4, 0.5) is 0 Å². The largest absolute Gasteiger partial charge is 0.481 e. The van der Waals surface area contributed by atoms with Crippen LogP contribution < -0.4 is 0 Å². The number of aliphatic carboxylic acids is 1. The summed E-state index contributed by atoms with van der Waals surface area (Å²) in [6.45, 7) is 1.76. The van der Waals surface area contributed by atoms with E-state index in [9.17, 15) is 4.79 Å². The molecule has 0 saturated carbocycles. The van der Waals surface area contributed by atoms with Crippen molar-refractivity contribution in [3.8, 4) is 0 Å². The van der Waals surface area contributed by atoms with Crippen LogP contribution in [0.1, 0.15) is 37.9 Å². The number of furan rings is 1. The molecule has 19 heavy (non-hydrogen) atoms. The second-order valence-corrected chi connectivity index (χ2v) is 6.46. The second kappa shape index (κ2) is 6.90. The van der Waals surface area contributed by atoms with E-state index in [-0.39, 0.29) is 6.42 Å². The molecule has 0 radical (unpaired) electrons. The Labute approximate surface area is 129 Å². The van der Waals surface area contributed by atoms with Crippen LogP contribution >= 0.6 is 31.9 Å². The fourth-order valence-corrected chi connectivity index (χ4v) is 3.21. The molecule has 6 heteroatoms. The first-order valence-corrected chi connectivity index (χ1v) is 8.04. The van der Waals surface area contributed by atoms with Crippen LogP contribution in [0, 0.1) is 0 Å². The van der Waals surface area contributed by atoms with Crippen molar-refractivity contribution in [1.82, 2.24) is 4.90 Å². The molecule has 1 unspecified atom stereocenters. The average Bonchev–Trinajstić information content (AvgIpc) is 2.67. The van der Waals surface area contributed by atoms with Crippen LogP contribution in [-0.2, 0) is 11.3 Å². The summed E-state index contributed by atoms with van der Waals surface area (Å²) in [5.41, 5.74) is 0. The number of piperidine rings is 1. The molecule has 0 spiro atoms. The highest BCUT2D eigenvalue weighted by Crippen LogP contribution is 2.29. The number of carboxylic acids is 1. The van der Waals surface area contributed by atoms with E-state index < -0.39 is 5.97 Å². The number of likely N-dealkylation sites (tertiary alicyclic amines) is 1. The third kappa shape index (κ3) is 4.33. The van der Waals surface area contributed by atoms with E-state index in [4.69, 9.17) is 9.52 Å². The molecule has 1 aromatic rings. The highest BCUT2D eigenvalue weighted by molar-refractivity contribution is 9.13. The summed E-state index contributed by atoms with van der Waals surface area (Å²) in [7, 11) is 0. The number of rotatable bonds is 5. The van der Waals surface area contributed by atoms with E-state index >= 15 is 0 Å². The Kier molecular flexibility index (Phi) is 5.47. The lowest BCUT2D eigenvalue weighted by atomic mass is 9.98. The lowest BCUT2D eigenvalue weighted by Crippen LogP contribution is -2.39. The van der Waals surface area contributed by atoms with Gasteiger partial charge in [0, 0.05) is 12.5 Å². The molecule has 0 amide bonds. The van der Waals surface area contributed by atoms with Crippen molar-refractivity contribution in [2.45, 2.75) is 44.7 Å². The molecule has 0 aromatic carbocycles. The Bertz CT molecular complexity index is 428. The zero-order valence-corrected chi connectivity index (χ0v) is 13.7. The maximum Gasteiger partial charge on any atom is 0.303 e. The summed E-state index contributed by atoms with van der Waals surface area (Å²) in [5.74, 6) is 0.190. The summed E-state index contributed by atoms with van der Waals surface area (Å²) in [4.78, 5) is 13.0. The molecule has 1 aliphatic heterocycles. The maximum atomic E-state index is 10.7. The Morgan fingerprint density at radius 1 is 1.47 bits per heavy atom. The van der Waals surface area contributed by atoms with Crippen LogP contribution in [0.25, 0.3) is 0 Å². The predicted molar refractivity (Wildman–Crippen MR) is 79.0 cm³/mol. The number of halogens is 2. The van der Waals surface area contributed by atoms with Gasteiger partial charge in [-0.05, 0) is 63.7 Å². The summed E-state index contributed by atoms with van der Waals surface area (Å²) in [5, 5.41) is 8.81. The Balaban J connectivity index is 1.96. The standard InChI is InChI=1S/C13H17Br2NO3/c14-11-7-10(19-13(11)15)8-16-6-2-1-3-9(16)4-5-12(17)18/h7,9H,1-6,8H2,(H,17,18). The lowest BCUT2D eigenvalue weighted by molar-refractivity contribution is -0.137. The quantitative estimate of drug-likeness (QED) is 0.819. The fourth-order valence-electron chi connectivity index (χ4n) is 2.55. The molecule has 2 rings (SSSR count). The SMILES string of the molecule is O=C(O)CCC1CCCCN1Cc1cc(Br)c(Br)o1. The van der Waals surface area contributed by atoms with E-state index in [0.717, 1.165) is 36.2 Å². The summed E-state index contributed by atoms with van der Waals surface area (Å²) >= 11 is 6.74. The van der Waals surface area contributed by atoms with Gasteiger partial charge in [-0.25, -0.2) is 0 Å². The molecule has 4 nitrogen and oxygen atoms in total. The summed E-state index contributed by atoms with van der Waals surface area (Å²) in [6.07, 6.45) is 4.40. The van der Waals surface area contributed by atoms with Crippen molar-refractivity contribution in [2.75, 3.05) is 6.54 Å². The van der Waals surface area contributed by atoms with Crippen molar-refractivity contribution in [1.29, 1.82) is 0 Å². The highest BCUT2D eigenvalue weighted by atomic mass is 79.9. The first kappa shape index (κ1) is 15.1. The van der Waals surface area contributed by atoms with Crippen molar-refractivity contribution in [3.05, 3.63) is 21.0 Å². The molecule has 0 aliphatic carbocycles. The van der Waals surface area contributed by atoms with Crippen molar-refractivity contribution >= 4 is 37.8 Å². The molecule has 1 saturated heterocycles. The topological polar surface area (TPSA) is 53.7 Å². The van der Waals surface area contributed by atoms with E-state index in [2.05, 4.69) is 36.8 Å². The predicted octanol–water partition coefficient (Wildman–Crippen LogP) is 4.02. The molecule has 0 bridgehead atoms. The smallest absolute Gasteiger partial charge is 0.303 e. The van der Waals surface area contributed by atoms with Gasteiger partial charge in [0.2, 0.25) is 0 Å². The van der Waals surface area contributed by atoms with Gasteiger partial charge in [0.15, 0.2) is 4.67 Å². The van der Waals surface area contributed by atoms with Gasteiger partial charge in [-0.3, -0.25) is 9.69 Å². The highest BCUT2D eigenvalue weighted by Gasteiger charge is 2.24. The van der Waals surface area contributed by atoms with Gasteiger partial charge in [0.05, 0.1) is 11.0 Å². The van der Waals surface area contributed by atoms with Crippen LogP contribution in [0.3, 0.4) is 0 Å². The molecular weight excluding hydrogens is 378 g/mol. The van der Waals surface area contributed by atoms with Gasteiger partial charge >= 0.3 is 5.97 Å². The van der Waals surface area contributed by atoms with Crippen LogP contribution in [-0.4, -0.2) is 28.6 Å². The first-order valence-electron chi connectivity index (χ1n) is 6.46. The Morgan fingerprint density at radius 2 is 2.26 bits per heavy atom. The Hall–Kier alpha value is -0.330. The second-order valence-electron chi connectivity index (χ2n) is 4.89. The van der Waals surface area contributed by atoms with E-state index in [0.29, 0.717) is 10.7 Å². The van der Waals surface area contributed by atoms with Crippen LogP contribution in [0.15, 0.2) is 19.6 Å². The maximum absolute atomic E-state index is 10.7. The molecule has 1 N–H and O–H groups in total. The molecule has 1 aromatic heterocycles. The van der Waals surface area contributed by atoms with E-state index in [1.165, 1.54) is 12.8 Å². The van der Waals surface area contributed by atoms with Gasteiger partial charge in [-0.1, -0.05) is 6.42 Å². The molecule has 1 aliphatic rings. The number of carboxylic acid groups (broad SMARTS) is 1. The summed E-state index contributed by atoms with van der Waals surface area (Å²) < 4.78 is 7.23. The third-order valence-electron chi connectivity index (χ3n) is 3.50. The minimum absolute atomic E-state index is 0.243. The average molecular weight is 395 g/mol. The van der Waals surface area contributed by atoms with E-state index in [1.807, 2.05) is 6.07 Å². The minimum atomic E-state index is -0.714. The fraction of sp³-hybridized carbons (Fsp3) is 0.615. The zero-order chi connectivity index (χ0) is 13.8. The molecule has 1 fully saturated rings. The monoisotopic (exact) mass is 393 g/mol. The first-order chi connectivity index (χ1) is 9.06. The third-order valence-corrected chi connectivity index (χ3v) is 5.21. The number of hydrogen-bond donors (Lipinski definition) is 1. The number of nitrogens with zero attached hydrogens (tertiary/aromatic N) is 1. The van der Waals surface area contributed by atoms with Crippen molar-refractivity contribution in [3.63, 3.8) is 0 Å². The molecular formula is C13H17Br2NO3. The minimum Gasteiger partial charge on any atom is -0.481 e. The molecule has 1 atom stereocenters. The van der Waals surface area contributed by atoms with Crippen molar-refractivity contribution < 1.29 is 14.3 Å². The Morgan fingerprint density at radius 3 is 2.89 bits per heavy atom. The van der Waals surface area contributed by atoms with Gasteiger partial charge in [0.1, 0.15) is 5.76 Å². The van der Waals surface area contributed by atoms with Crippen molar-refractivity contribution in [2.24, 2.45) is 0 Å². The van der Waals surface area contributed by atoms with Gasteiger partial charge in [0.25, 0.3) is 0 Å². The van der Waals surface area contributed by atoms with Gasteiger partial charge in [-0.2, -0.15) is 0 Å². The number of carbonyl (C=O) groups is 1. The van der Waals surface area contributed by atoms with Gasteiger partial charge in [-0.15, -0.1) is 0 Å². The van der Waals surface area contributed by atoms with Crippen LogP contribution in [0.5, 0.6) is 0 Å². The normalized spacial score (nSPS) is 20.6. The van der Waals surface area contributed by atoms with Crippen LogP contribution in [0.2, 0.25) is 0 Å². The molecule has 2 heterocycles. The number of hydrogen-bond acceptors (Lipinski definition) is 3. The molecule has 106 valence electrons. The van der Waals surface area contributed by atoms with E-state index in [1.54, 1.807) is 0 Å². The summed E-state index contributed by atoms with van der Waals surface area (Å²) in [6, 6.07) is 2.32. The lowest BCUT2D eigenvalue weighted by Gasteiger charge is -2.34. The zero-order valence-electron chi connectivity index (χ0n) is 10.6.